The van der Waals surface area contributed by atoms with Crippen molar-refractivity contribution < 1.29 is 69.5 Å². The van der Waals surface area contributed by atoms with Gasteiger partial charge in [0.1, 0.15) is 23.0 Å². The van der Waals surface area contributed by atoms with Crippen LogP contribution < -0.4 is 18.9 Å². The molecule has 1 aliphatic rings. The molecule has 288 valence electrons. The standard InChI is InChI=1S/C36H33F6N3O9/c1-22(48-26-9-13-28(14-10-26)50-30-17-7-24(20-43-30)35(37,38)39)33(46)52-32-6-4-3-5-19-45(32)54-53-34(47)23(2)49-27-11-15-29(16-12-27)51-31-18-8-25(21-44-31)36(40,41)42/h7-18,20-23,32H,3-6,19H2,1-2H3. The molecule has 0 saturated carbocycles. The minimum atomic E-state index is -4.52. The summed E-state index contributed by atoms with van der Waals surface area (Å²) >= 11 is 0. The maximum Gasteiger partial charge on any atom is 0.417 e. The van der Waals surface area contributed by atoms with Gasteiger partial charge in [-0.3, -0.25) is 4.89 Å². The average Bonchev–Trinajstić information content (AvgIpc) is 3.36. The zero-order chi connectivity index (χ0) is 38.9. The molecule has 0 amide bonds. The third kappa shape index (κ3) is 11.4. The Morgan fingerprint density at radius 1 is 0.648 bits per heavy atom. The molecule has 0 spiro atoms. The molecule has 1 fully saturated rings. The SMILES string of the molecule is CC(Oc1ccc(Oc2ccc(C(F)(F)F)cn2)cc1)C(=O)OON1CCCCCC1OC(=O)C(C)Oc1ccc(Oc2ccc(C(F)(F)F)cn2)cc1. The van der Waals surface area contributed by atoms with Crippen molar-refractivity contribution in [3.05, 3.63) is 96.3 Å². The summed E-state index contributed by atoms with van der Waals surface area (Å²) in [5.74, 6) is -0.660. The highest BCUT2D eigenvalue weighted by molar-refractivity contribution is 5.75. The van der Waals surface area contributed by atoms with Gasteiger partial charge in [0.2, 0.25) is 11.8 Å². The molecule has 5 rings (SSSR count). The van der Waals surface area contributed by atoms with Gasteiger partial charge in [-0.15, -0.1) is 5.06 Å². The zero-order valence-corrected chi connectivity index (χ0v) is 28.6. The van der Waals surface area contributed by atoms with Gasteiger partial charge >= 0.3 is 24.3 Å². The number of aromatic nitrogens is 2. The van der Waals surface area contributed by atoms with Crippen LogP contribution in [0.5, 0.6) is 34.8 Å². The van der Waals surface area contributed by atoms with Gasteiger partial charge < -0.3 is 23.7 Å². The van der Waals surface area contributed by atoms with E-state index in [1.165, 1.54) is 67.4 Å². The van der Waals surface area contributed by atoms with Crippen molar-refractivity contribution in [3.63, 3.8) is 0 Å². The lowest BCUT2D eigenvalue weighted by atomic mass is 10.2. The number of hydrogen-bond acceptors (Lipinski definition) is 12. The summed E-state index contributed by atoms with van der Waals surface area (Å²) < 4.78 is 104. The van der Waals surface area contributed by atoms with E-state index >= 15 is 0 Å². The minimum absolute atomic E-state index is 0.0467. The Kier molecular flexibility index (Phi) is 12.8. The first-order chi connectivity index (χ1) is 25.6. The Labute approximate surface area is 304 Å². The first-order valence-corrected chi connectivity index (χ1v) is 16.5. The fourth-order valence-electron chi connectivity index (χ4n) is 4.77. The maximum atomic E-state index is 13.0. The number of halogens is 6. The van der Waals surface area contributed by atoms with E-state index in [0.717, 1.165) is 30.7 Å². The van der Waals surface area contributed by atoms with Crippen LogP contribution in [-0.4, -0.2) is 52.0 Å². The number of pyridine rings is 2. The van der Waals surface area contributed by atoms with Gasteiger partial charge in [0.15, 0.2) is 18.4 Å². The zero-order valence-electron chi connectivity index (χ0n) is 28.6. The number of ether oxygens (including phenoxy) is 5. The summed E-state index contributed by atoms with van der Waals surface area (Å²) in [6.07, 6.45) is -8.30. The van der Waals surface area contributed by atoms with E-state index in [9.17, 15) is 35.9 Å². The molecule has 1 aliphatic heterocycles. The monoisotopic (exact) mass is 765 g/mol. The van der Waals surface area contributed by atoms with Crippen LogP contribution in [0.4, 0.5) is 26.3 Å². The Hall–Kier alpha value is -5.62. The fourth-order valence-corrected chi connectivity index (χ4v) is 4.77. The Balaban J connectivity index is 1.07. The van der Waals surface area contributed by atoms with E-state index in [-0.39, 0.29) is 41.3 Å². The molecule has 0 bridgehead atoms. The van der Waals surface area contributed by atoms with Crippen molar-refractivity contribution in [2.45, 2.75) is 70.3 Å². The predicted molar refractivity (Wildman–Crippen MR) is 174 cm³/mol. The molecule has 2 aromatic heterocycles. The Morgan fingerprint density at radius 2 is 1.11 bits per heavy atom. The first-order valence-electron chi connectivity index (χ1n) is 16.5. The van der Waals surface area contributed by atoms with Crippen LogP contribution in [-0.2, 0) is 36.6 Å². The smallest absolute Gasteiger partial charge is 0.417 e. The topological polar surface area (TPSA) is 128 Å². The third-order valence-corrected chi connectivity index (χ3v) is 7.63. The van der Waals surface area contributed by atoms with Crippen molar-refractivity contribution >= 4 is 11.9 Å². The predicted octanol–water partition coefficient (Wildman–Crippen LogP) is 8.47. The van der Waals surface area contributed by atoms with Crippen LogP contribution in [0, 0.1) is 0 Å². The number of hydroxylamine groups is 2. The number of esters is 1. The quantitative estimate of drug-likeness (QED) is 0.0561. The first kappa shape index (κ1) is 39.6. The van der Waals surface area contributed by atoms with Crippen molar-refractivity contribution in [1.82, 2.24) is 15.0 Å². The van der Waals surface area contributed by atoms with Crippen LogP contribution in [0.1, 0.15) is 50.7 Å². The number of carbonyl (C=O) groups excluding carboxylic acids is 2. The van der Waals surface area contributed by atoms with Gasteiger partial charge in [-0.2, -0.15) is 26.3 Å². The van der Waals surface area contributed by atoms with Gasteiger partial charge in [0.05, 0.1) is 11.1 Å². The Morgan fingerprint density at radius 3 is 1.56 bits per heavy atom. The van der Waals surface area contributed by atoms with Crippen LogP contribution in [0.15, 0.2) is 85.2 Å². The van der Waals surface area contributed by atoms with E-state index in [1.807, 2.05) is 0 Å². The van der Waals surface area contributed by atoms with Crippen LogP contribution in [0.25, 0.3) is 0 Å². The lowest BCUT2D eigenvalue weighted by Gasteiger charge is -2.27. The molecule has 3 heterocycles. The highest BCUT2D eigenvalue weighted by atomic mass is 19.4. The summed E-state index contributed by atoms with van der Waals surface area (Å²) in [6.45, 7) is 3.18. The van der Waals surface area contributed by atoms with E-state index in [2.05, 4.69) is 9.97 Å². The lowest BCUT2D eigenvalue weighted by molar-refractivity contribution is -0.427. The van der Waals surface area contributed by atoms with E-state index in [4.69, 9.17) is 33.6 Å². The van der Waals surface area contributed by atoms with Gasteiger partial charge in [-0.25, -0.2) is 19.6 Å². The molecule has 0 aliphatic carbocycles. The van der Waals surface area contributed by atoms with Crippen LogP contribution in [0.2, 0.25) is 0 Å². The summed E-state index contributed by atoms with van der Waals surface area (Å²) in [5, 5.41) is 1.24. The molecule has 0 radical (unpaired) electrons. The lowest BCUT2D eigenvalue weighted by Crippen LogP contribution is -2.42. The van der Waals surface area contributed by atoms with Gasteiger partial charge in [-0.1, -0.05) is 11.4 Å². The van der Waals surface area contributed by atoms with Gasteiger partial charge in [-0.05, 0) is 87.4 Å². The second-order valence-corrected chi connectivity index (χ2v) is 11.8. The molecule has 1 saturated heterocycles. The van der Waals surface area contributed by atoms with Crippen molar-refractivity contribution in [3.8, 4) is 34.8 Å². The van der Waals surface area contributed by atoms with Crippen LogP contribution in [0.3, 0.4) is 0 Å². The molecular formula is C36H33F6N3O9. The molecular weight excluding hydrogens is 732 g/mol. The highest BCUT2D eigenvalue weighted by Gasteiger charge is 2.33. The highest BCUT2D eigenvalue weighted by Crippen LogP contribution is 2.32. The number of nitrogens with zero attached hydrogens (tertiary/aromatic N) is 3. The molecule has 12 nitrogen and oxygen atoms in total. The molecule has 3 atom stereocenters. The molecule has 54 heavy (non-hydrogen) atoms. The summed E-state index contributed by atoms with van der Waals surface area (Å²) in [4.78, 5) is 43.3. The maximum absolute atomic E-state index is 13.0. The number of carbonyl (C=O) groups is 2. The van der Waals surface area contributed by atoms with Crippen molar-refractivity contribution in [2.24, 2.45) is 0 Å². The minimum Gasteiger partial charge on any atom is -0.479 e. The largest absolute Gasteiger partial charge is 0.479 e. The van der Waals surface area contributed by atoms with Gasteiger partial charge in [0, 0.05) is 37.5 Å². The second kappa shape index (κ2) is 17.5. The number of rotatable bonds is 13. The van der Waals surface area contributed by atoms with Crippen molar-refractivity contribution in [1.29, 1.82) is 0 Å². The summed E-state index contributed by atoms with van der Waals surface area (Å²) in [6, 6.07) is 15.7. The molecule has 0 N–H and O–H groups in total. The average molecular weight is 766 g/mol. The van der Waals surface area contributed by atoms with E-state index in [1.54, 1.807) is 0 Å². The van der Waals surface area contributed by atoms with Crippen molar-refractivity contribution in [2.75, 3.05) is 6.54 Å². The molecule has 18 heteroatoms. The number of benzene rings is 2. The Bertz CT molecular complexity index is 1830. The number of hydrogen-bond donors (Lipinski definition) is 0. The number of alkyl halides is 6. The molecule has 3 unspecified atom stereocenters. The van der Waals surface area contributed by atoms with E-state index < -0.39 is 53.9 Å². The second-order valence-electron chi connectivity index (χ2n) is 11.8. The summed E-state index contributed by atoms with van der Waals surface area (Å²) in [7, 11) is 0. The normalized spacial score (nSPS) is 16.3. The summed E-state index contributed by atoms with van der Waals surface area (Å²) in [5.41, 5.74) is -1.82. The fraction of sp³-hybridized carbons (Fsp3) is 0.333. The van der Waals surface area contributed by atoms with Gasteiger partial charge in [0.25, 0.3) is 0 Å². The molecule has 4 aromatic rings. The van der Waals surface area contributed by atoms with E-state index in [0.29, 0.717) is 31.7 Å². The third-order valence-electron chi connectivity index (χ3n) is 7.63. The van der Waals surface area contributed by atoms with Crippen LogP contribution >= 0.6 is 0 Å². The molecule has 2 aromatic carbocycles.